The zero-order chi connectivity index (χ0) is 29.8. The Balaban J connectivity index is 1.54. The summed E-state index contributed by atoms with van der Waals surface area (Å²) < 4.78 is 17.1. The van der Waals surface area contributed by atoms with E-state index in [2.05, 4.69) is 44.0 Å². The van der Waals surface area contributed by atoms with Gasteiger partial charge in [0.05, 0.1) is 24.4 Å². The van der Waals surface area contributed by atoms with Crippen LogP contribution < -0.4 is 30.3 Å². The molecule has 0 saturated heterocycles. The second-order valence-corrected chi connectivity index (χ2v) is 10.0. The van der Waals surface area contributed by atoms with Crippen molar-refractivity contribution in [3.63, 3.8) is 0 Å². The third-order valence-corrected chi connectivity index (χ3v) is 6.36. The predicted octanol–water partition coefficient (Wildman–Crippen LogP) is 5.70. The highest BCUT2D eigenvalue weighted by molar-refractivity contribution is 9.10. The van der Waals surface area contributed by atoms with Crippen molar-refractivity contribution < 1.29 is 28.6 Å². The van der Waals surface area contributed by atoms with E-state index in [0.717, 1.165) is 18.4 Å². The standard InChI is InChI=1S/C29H30BrClN4O6/c1-4-5-12-40-22-10-8-21(9-11-22)33-28(37)29(38)35-32-16-19-13-23(30)27(25(14-19)39-3)41-17-26(36)34-24-15-20(31)7-6-18(24)2/h6-11,13-16H,4-5,12,17H2,1-3H3,(H,33,37)(H,34,36)(H,35,38)/b32-16-. The van der Waals surface area contributed by atoms with E-state index in [1.807, 2.05) is 6.92 Å². The largest absolute Gasteiger partial charge is 0.494 e. The summed E-state index contributed by atoms with van der Waals surface area (Å²) >= 11 is 9.41. The highest BCUT2D eigenvalue weighted by Crippen LogP contribution is 2.36. The minimum absolute atomic E-state index is 0.284. The smallest absolute Gasteiger partial charge is 0.329 e. The Bertz CT molecular complexity index is 1420. The van der Waals surface area contributed by atoms with Gasteiger partial charge in [-0.15, -0.1) is 0 Å². The van der Waals surface area contributed by atoms with Crippen molar-refractivity contribution in [3.8, 4) is 17.2 Å². The number of ether oxygens (including phenoxy) is 3. The van der Waals surface area contributed by atoms with Crippen LogP contribution in [0.1, 0.15) is 30.9 Å². The Morgan fingerprint density at radius 2 is 1.76 bits per heavy atom. The zero-order valence-corrected chi connectivity index (χ0v) is 25.1. The minimum Gasteiger partial charge on any atom is -0.494 e. The molecule has 0 atom stereocenters. The average molecular weight is 646 g/mol. The van der Waals surface area contributed by atoms with Gasteiger partial charge < -0.3 is 24.8 Å². The number of nitrogens with one attached hydrogen (secondary N) is 3. The quantitative estimate of drug-likeness (QED) is 0.100. The van der Waals surface area contributed by atoms with Crippen molar-refractivity contribution in [2.75, 3.05) is 31.0 Å². The summed E-state index contributed by atoms with van der Waals surface area (Å²) in [6.07, 6.45) is 3.31. The number of hydrogen-bond donors (Lipinski definition) is 3. The molecule has 0 aliphatic heterocycles. The van der Waals surface area contributed by atoms with Gasteiger partial charge in [0, 0.05) is 16.4 Å². The molecule has 3 amide bonds. The molecule has 41 heavy (non-hydrogen) atoms. The molecule has 0 aromatic heterocycles. The van der Waals surface area contributed by atoms with E-state index in [4.69, 9.17) is 25.8 Å². The third kappa shape index (κ3) is 9.80. The Kier molecular flexibility index (Phi) is 12.0. The number of aryl methyl sites for hydroxylation is 1. The summed E-state index contributed by atoms with van der Waals surface area (Å²) in [6.45, 7) is 4.26. The summed E-state index contributed by atoms with van der Waals surface area (Å²) in [4.78, 5) is 36.8. The van der Waals surface area contributed by atoms with Crippen LogP contribution in [0.15, 0.2) is 64.2 Å². The lowest BCUT2D eigenvalue weighted by Crippen LogP contribution is -2.32. The van der Waals surface area contributed by atoms with Gasteiger partial charge in [-0.1, -0.05) is 31.0 Å². The van der Waals surface area contributed by atoms with Crippen molar-refractivity contribution in [1.29, 1.82) is 0 Å². The minimum atomic E-state index is -0.948. The Labute approximate surface area is 251 Å². The highest BCUT2D eigenvalue weighted by Gasteiger charge is 2.15. The lowest BCUT2D eigenvalue weighted by Gasteiger charge is -2.14. The van der Waals surface area contributed by atoms with Gasteiger partial charge in [-0.25, -0.2) is 5.43 Å². The van der Waals surface area contributed by atoms with Gasteiger partial charge in [-0.3, -0.25) is 14.4 Å². The number of rotatable bonds is 12. The number of nitrogens with zero attached hydrogens (tertiary/aromatic N) is 1. The first kappa shape index (κ1) is 31.4. The van der Waals surface area contributed by atoms with E-state index >= 15 is 0 Å². The maximum Gasteiger partial charge on any atom is 0.329 e. The fraction of sp³-hybridized carbons (Fsp3) is 0.241. The van der Waals surface area contributed by atoms with E-state index in [1.165, 1.54) is 13.3 Å². The molecule has 0 aliphatic carbocycles. The van der Waals surface area contributed by atoms with Gasteiger partial charge in [0.2, 0.25) is 0 Å². The maximum absolute atomic E-state index is 12.4. The van der Waals surface area contributed by atoms with Crippen molar-refractivity contribution >= 4 is 62.8 Å². The average Bonchev–Trinajstić information content (AvgIpc) is 2.95. The van der Waals surface area contributed by atoms with Crippen LogP contribution in [-0.2, 0) is 14.4 Å². The molecule has 0 radical (unpaired) electrons. The molecular formula is C29H30BrClN4O6. The van der Waals surface area contributed by atoms with Crippen LogP contribution >= 0.6 is 27.5 Å². The summed E-state index contributed by atoms with van der Waals surface area (Å²) in [7, 11) is 1.45. The molecule has 0 unspecified atom stereocenters. The van der Waals surface area contributed by atoms with Gasteiger partial charge in [-0.05, 0) is 88.9 Å². The molecule has 216 valence electrons. The summed E-state index contributed by atoms with van der Waals surface area (Å²) in [5.74, 6) is -0.912. The van der Waals surface area contributed by atoms with Gasteiger partial charge in [0.25, 0.3) is 5.91 Å². The van der Waals surface area contributed by atoms with E-state index in [0.29, 0.717) is 50.3 Å². The number of amides is 3. The van der Waals surface area contributed by atoms with Crippen LogP contribution in [0.5, 0.6) is 17.2 Å². The first-order chi connectivity index (χ1) is 19.7. The van der Waals surface area contributed by atoms with E-state index in [1.54, 1.807) is 54.6 Å². The molecule has 0 heterocycles. The number of carbonyl (C=O) groups is 3. The van der Waals surface area contributed by atoms with Crippen molar-refractivity contribution in [2.45, 2.75) is 26.7 Å². The number of halogens is 2. The van der Waals surface area contributed by atoms with Crippen LogP contribution in [0.2, 0.25) is 5.02 Å². The molecule has 12 heteroatoms. The molecule has 3 N–H and O–H groups in total. The topological polar surface area (TPSA) is 127 Å². The molecular weight excluding hydrogens is 616 g/mol. The fourth-order valence-corrected chi connectivity index (χ4v) is 4.13. The number of carbonyl (C=O) groups excluding carboxylic acids is 3. The van der Waals surface area contributed by atoms with E-state index < -0.39 is 11.8 Å². The van der Waals surface area contributed by atoms with Gasteiger partial charge in [-0.2, -0.15) is 5.10 Å². The number of unbranched alkanes of at least 4 members (excludes halogenated alkanes) is 1. The van der Waals surface area contributed by atoms with E-state index in [-0.39, 0.29) is 12.5 Å². The SMILES string of the molecule is CCCCOc1ccc(NC(=O)C(=O)N/N=C\c2cc(Br)c(OCC(=O)Nc3cc(Cl)ccc3C)c(OC)c2)cc1. The third-order valence-electron chi connectivity index (χ3n) is 5.54. The first-order valence-electron chi connectivity index (χ1n) is 12.6. The number of methoxy groups -OCH3 is 1. The number of benzene rings is 3. The molecule has 0 fully saturated rings. The lowest BCUT2D eigenvalue weighted by atomic mass is 10.2. The Morgan fingerprint density at radius 1 is 1.00 bits per heavy atom. The Hall–Kier alpha value is -4.09. The van der Waals surface area contributed by atoms with Crippen LogP contribution in [-0.4, -0.2) is 44.3 Å². The van der Waals surface area contributed by atoms with Crippen molar-refractivity contribution in [1.82, 2.24) is 5.43 Å². The molecule has 0 aliphatic rings. The summed E-state index contributed by atoms with van der Waals surface area (Å²) in [6, 6.07) is 15.2. The predicted molar refractivity (Wildman–Crippen MR) is 162 cm³/mol. The number of anilines is 2. The monoisotopic (exact) mass is 644 g/mol. The normalized spacial score (nSPS) is 10.7. The molecule has 3 aromatic rings. The molecule has 3 rings (SSSR count). The number of hydrogen-bond acceptors (Lipinski definition) is 7. The van der Waals surface area contributed by atoms with Gasteiger partial charge in [0.1, 0.15) is 5.75 Å². The first-order valence-corrected chi connectivity index (χ1v) is 13.8. The van der Waals surface area contributed by atoms with Crippen molar-refractivity contribution in [2.24, 2.45) is 5.10 Å². The number of hydrazone groups is 1. The molecule has 10 nitrogen and oxygen atoms in total. The van der Waals surface area contributed by atoms with Crippen LogP contribution in [0.25, 0.3) is 0 Å². The summed E-state index contributed by atoms with van der Waals surface area (Å²) in [5.41, 5.74) is 4.60. The Morgan fingerprint density at radius 3 is 2.46 bits per heavy atom. The summed E-state index contributed by atoms with van der Waals surface area (Å²) in [5, 5.41) is 9.61. The molecule has 0 saturated carbocycles. The van der Waals surface area contributed by atoms with Crippen LogP contribution in [0, 0.1) is 6.92 Å². The van der Waals surface area contributed by atoms with E-state index in [9.17, 15) is 14.4 Å². The van der Waals surface area contributed by atoms with Gasteiger partial charge >= 0.3 is 11.8 Å². The molecule has 0 spiro atoms. The van der Waals surface area contributed by atoms with Crippen LogP contribution in [0.4, 0.5) is 11.4 Å². The second-order valence-electron chi connectivity index (χ2n) is 8.71. The van der Waals surface area contributed by atoms with Crippen LogP contribution in [0.3, 0.4) is 0 Å². The molecule has 0 bridgehead atoms. The lowest BCUT2D eigenvalue weighted by molar-refractivity contribution is -0.136. The maximum atomic E-state index is 12.4. The zero-order valence-electron chi connectivity index (χ0n) is 22.8. The fourth-order valence-electron chi connectivity index (χ4n) is 3.38. The second kappa shape index (κ2) is 15.6. The van der Waals surface area contributed by atoms with Crippen molar-refractivity contribution in [3.05, 3.63) is 75.2 Å². The van der Waals surface area contributed by atoms with Gasteiger partial charge in [0.15, 0.2) is 18.1 Å². The highest BCUT2D eigenvalue weighted by atomic mass is 79.9. The molecule has 3 aromatic carbocycles.